The van der Waals surface area contributed by atoms with E-state index in [0.29, 0.717) is 22.6 Å². The molecule has 6 nitrogen and oxygen atoms in total. The molecule has 0 saturated heterocycles. The Hall–Kier alpha value is -3.38. The summed E-state index contributed by atoms with van der Waals surface area (Å²) >= 11 is 6.32. The van der Waals surface area contributed by atoms with E-state index in [4.69, 9.17) is 11.6 Å². The maximum Gasteiger partial charge on any atom is 0.305 e. The van der Waals surface area contributed by atoms with E-state index in [1.165, 1.54) is 4.57 Å². The third-order valence-electron chi connectivity index (χ3n) is 5.97. The Bertz CT molecular complexity index is 1260. The van der Waals surface area contributed by atoms with Crippen LogP contribution in [-0.4, -0.2) is 21.6 Å². The summed E-state index contributed by atoms with van der Waals surface area (Å²) < 4.78 is 1.47. The molecule has 2 N–H and O–H groups in total. The van der Waals surface area contributed by atoms with Gasteiger partial charge in [-0.25, -0.2) is 0 Å². The van der Waals surface area contributed by atoms with Crippen molar-refractivity contribution in [1.29, 1.82) is 0 Å². The first-order chi connectivity index (χ1) is 16.6. The molecule has 0 saturated carbocycles. The van der Waals surface area contributed by atoms with E-state index >= 15 is 0 Å². The zero-order chi connectivity index (χ0) is 25.7. The lowest BCUT2D eigenvalue weighted by Crippen LogP contribution is -2.42. The van der Waals surface area contributed by atoms with Crippen LogP contribution >= 0.6 is 11.6 Å². The number of carbonyl (C=O) groups is 2. The molecule has 3 rings (SSSR count). The van der Waals surface area contributed by atoms with Crippen LogP contribution in [0, 0.1) is 19.8 Å². The van der Waals surface area contributed by atoms with Gasteiger partial charge >= 0.3 is 5.97 Å². The summed E-state index contributed by atoms with van der Waals surface area (Å²) in [5.74, 6) is -1.64. The van der Waals surface area contributed by atoms with Crippen molar-refractivity contribution in [2.24, 2.45) is 5.92 Å². The number of pyridine rings is 1. The number of hydrogen-bond acceptors (Lipinski definition) is 3. The van der Waals surface area contributed by atoms with Gasteiger partial charge in [0.15, 0.2) is 0 Å². The standard InChI is InChI=1S/C28H31ClN2O4/c1-17(2)26(27(34)30-24(15-25(32)33)20-11-9-18(3)10-12-20)31-16-19(4)13-22(28(31)35)14-21-7-5-6-8-23(21)29/h5-13,16-17,24,26H,14-15H2,1-4H3,(H,30,34)(H,32,33)/t24?,26-/m0/s1. The molecule has 0 aliphatic rings. The molecular weight excluding hydrogens is 464 g/mol. The smallest absolute Gasteiger partial charge is 0.305 e. The largest absolute Gasteiger partial charge is 0.481 e. The second kappa shape index (κ2) is 11.4. The predicted molar refractivity (Wildman–Crippen MR) is 138 cm³/mol. The first-order valence-corrected chi connectivity index (χ1v) is 12.0. The van der Waals surface area contributed by atoms with Gasteiger partial charge in [0.05, 0.1) is 12.5 Å². The summed E-state index contributed by atoms with van der Waals surface area (Å²) in [4.78, 5) is 38.6. The highest BCUT2D eigenvalue weighted by Crippen LogP contribution is 2.24. The normalized spacial score (nSPS) is 12.9. The number of nitrogens with zero attached hydrogens (tertiary/aromatic N) is 1. The molecule has 0 bridgehead atoms. The number of aliphatic carboxylic acids is 1. The van der Waals surface area contributed by atoms with E-state index in [-0.39, 0.29) is 17.9 Å². The maximum absolute atomic E-state index is 13.5. The Kier molecular flexibility index (Phi) is 8.52. The van der Waals surface area contributed by atoms with Crippen LogP contribution in [0.25, 0.3) is 0 Å². The summed E-state index contributed by atoms with van der Waals surface area (Å²) in [5, 5.41) is 12.9. The molecule has 1 aromatic heterocycles. The highest BCUT2D eigenvalue weighted by molar-refractivity contribution is 6.31. The molecule has 2 aromatic carbocycles. The van der Waals surface area contributed by atoms with Crippen LogP contribution in [0.1, 0.15) is 60.2 Å². The predicted octanol–water partition coefficient (Wildman–Crippen LogP) is 5.24. The first-order valence-electron chi connectivity index (χ1n) is 11.6. The summed E-state index contributed by atoms with van der Waals surface area (Å²) in [7, 11) is 0. The van der Waals surface area contributed by atoms with Gasteiger partial charge in [0, 0.05) is 23.2 Å². The van der Waals surface area contributed by atoms with E-state index < -0.39 is 24.0 Å². The molecule has 184 valence electrons. The van der Waals surface area contributed by atoms with Crippen molar-refractivity contribution in [1.82, 2.24) is 9.88 Å². The van der Waals surface area contributed by atoms with Gasteiger partial charge in [0.25, 0.3) is 5.56 Å². The lowest BCUT2D eigenvalue weighted by atomic mass is 9.98. The average Bonchev–Trinajstić information content (AvgIpc) is 2.78. The Morgan fingerprint density at radius 2 is 1.66 bits per heavy atom. The van der Waals surface area contributed by atoms with Crippen molar-refractivity contribution < 1.29 is 14.7 Å². The lowest BCUT2D eigenvalue weighted by molar-refractivity contribution is -0.138. The summed E-state index contributed by atoms with van der Waals surface area (Å²) in [6.45, 7) is 7.55. The second-order valence-electron chi connectivity index (χ2n) is 9.28. The number of aryl methyl sites for hydroxylation is 2. The van der Waals surface area contributed by atoms with Crippen LogP contribution in [0.4, 0.5) is 0 Å². The van der Waals surface area contributed by atoms with Crippen LogP contribution in [0.3, 0.4) is 0 Å². The number of amides is 1. The van der Waals surface area contributed by atoms with Crippen LogP contribution in [0.5, 0.6) is 0 Å². The van der Waals surface area contributed by atoms with Gasteiger partial charge in [-0.15, -0.1) is 0 Å². The van der Waals surface area contributed by atoms with Gasteiger partial charge in [-0.3, -0.25) is 14.4 Å². The number of carboxylic acids is 1. The third-order valence-corrected chi connectivity index (χ3v) is 6.34. The van der Waals surface area contributed by atoms with Crippen LogP contribution in [0.2, 0.25) is 5.02 Å². The van der Waals surface area contributed by atoms with E-state index in [9.17, 15) is 19.5 Å². The van der Waals surface area contributed by atoms with Crippen molar-refractivity contribution in [2.75, 3.05) is 0 Å². The molecule has 7 heteroatoms. The van der Waals surface area contributed by atoms with Gasteiger partial charge in [-0.05, 0) is 48.6 Å². The molecule has 0 spiro atoms. The fourth-order valence-electron chi connectivity index (χ4n) is 4.23. The molecule has 35 heavy (non-hydrogen) atoms. The Labute approximate surface area is 210 Å². The molecule has 1 unspecified atom stereocenters. The molecule has 3 aromatic rings. The highest BCUT2D eigenvalue weighted by Gasteiger charge is 2.29. The van der Waals surface area contributed by atoms with Crippen molar-refractivity contribution >= 4 is 23.5 Å². The Morgan fingerprint density at radius 3 is 2.26 bits per heavy atom. The highest BCUT2D eigenvalue weighted by atomic mass is 35.5. The Morgan fingerprint density at radius 1 is 1.00 bits per heavy atom. The molecule has 0 fully saturated rings. The van der Waals surface area contributed by atoms with Gasteiger partial charge in [0.2, 0.25) is 5.91 Å². The number of aromatic nitrogens is 1. The number of carbonyl (C=O) groups excluding carboxylic acids is 1. The molecule has 0 aliphatic heterocycles. The molecular formula is C28H31ClN2O4. The van der Waals surface area contributed by atoms with Gasteiger partial charge in [0.1, 0.15) is 6.04 Å². The van der Waals surface area contributed by atoms with Crippen molar-refractivity contribution in [3.63, 3.8) is 0 Å². The quantitative estimate of drug-likeness (QED) is 0.426. The third kappa shape index (κ3) is 6.61. The zero-order valence-corrected chi connectivity index (χ0v) is 21.2. The molecule has 0 aliphatic carbocycles. The van der Waals surface area contributed by atoms with Crippen molar-refractivity contribution in [3.05, 3.63) is 104 Å². The van der Waals surface area contributed by atoms with E-state index in [2.05, 4.69) is 5.32 Å². The van der Waals surface area contributed by atoms with E-state index in [0.717, 1.165) is 16.7 Å². The molecule has 0 radical (unpaired) electrons. The minimum absolute atomic E-state index is 0.217. The lowest BCUT2D eigenvalue weighted by Gasteiger charge is -2.27. The van der Waals surface area contributed by atoms with Crippen LogP contribution < -0.4 is 10.9 Å². The number of hydrogen-bond donors (Lipinski definition) is 2. The molecule has 1 amide bonds. The fourth-order valence-corrected chi connectivity index (χ4v) is 4.43. The number of nitrogens with one attached hydrogen (secondary N) is 1. The van der Waals surface area contributed by atoms with Crippen molar-refractivity contribution in [2.45, 2.75) is 52.6 Å². The summed E-state index contributed by atoms with van der Waals surface area (Å²) in [6, 6.07) is 15.0. The number of halogens is 1. The summed E-state index contributed by atoms with van der Waals surface area (Å²) in [6.07, 6.45) is 1.76. The summed E-state index contributed by atoms with van der Waals surface area (Å²) in [5.41, 5.74) is 3.67. The van der Waals surface area contributed by atoms with E-state index in [1.54, 1.807) is 12.3 Å². The maximum atomic E-state index is 13.5. The average molecular weight is 495 g/mol. The van der Waals surface area contributed by atoms with E-state index in [1.807, 2.05) is 76.2 Å². The van der Waals surface area contributed by atoms with Gasteiger partial charge in [-0.2, -0.15) is 0 Å². The SMILES string of the molecule is Cc1ccc(C(CC(=O)O)NC(=O)[C@H](C(C)C)n2cc(C)cc(Cc3ccccc3Cl)c2=O)cc1. The van der Waals surface area contributed by atoms with Gasteiger partial charge < -0.3 is 15.0 Å². The zero-order valence-electron chi connectivity index (χ0n) is 20.4. The number of carboxylic acid groups (broad SMARTS) is 1. The van der Waals surface area contributed by atoms with Crippen LogP contribution in [-0.2, 0) is 16.0 Å². The minimum atomic E-state index is -1.02. The first kappa shape index (κ1) is 26.2. The molecule has 2 atom stereocenters. The fraction of sp³-hybridized carbons (Fsp3) is 0.321. The molecule has 1 heterocycles. The number of benzene rings is 2. The topological polar surface area (TPSA) is 88.4 Å². The minimum Gasteiger partial charge on any atom is -0.481 e. The monoisotopic (exact) mass is 494 g/mol. The van der Waals surface area contributed by atoms with Gasteiger partial charge in [-0.1, -0.05) is 73.5 Å². The second-order valence-corrected chi connectivity index (χ2v) is 9.69. The Balaban J connectivity index is 1.97. The van der Waals surface area contributed by atoms with Crippen molar-refractivity contribution in [3.8, 4) is 0 Å². The van der Waals surface area contributed by atoms with Crippen LogP contribution in [0.15, 0.2) is 65.6 Å². The number of rotatable bonds is 9.